The summed E-state index contributed by atoms with van der Waals surface area (Å²) in [6.07, 6.45) is 18.0. The van der Waals surface area contributed by atoms with Crippen LogP contribution in [-0.4, -0.2) is 0 Å². The minimum Gasteiger partial charge on any atom is -0.310 e. The van der Waals surface area contributed by atoms with Gasteiger partial charge in [-0.25, -0.2) is 0 Å². The number of nitrogens with zero attached hydrogens (tertiary/aromatic N) is 2. The van der Waals surface area contributed by atoms with Crippen LogP contribution in [0.25, 0.3) is 11.1 Å². The van der Waals surface area contributed by atoms with Crippen LogP contribution in [-0.2, 0) is 5.41 Å². The Morgan fingerprint density at radius 2 is 0.593 bits per heavy atom. The van der Waals surface area contributed by atoms with Crippen LogP contribution in [0.3, 0.4) is 0 Å². The second-order valence-electron chi connectivity index (χ2n) is 17.6. The number of rotatable bonds is 20. The van der Waals surface area contributed by atoms with Gasteiger partial charge in [0.2, 0.25) is 0 Å². The van der Waals surface area contributed by atoms with Gasteiger partial charge in [0.15, 0.2) is 0 Å². The van der Waals surface area contributed by atoms with Crippen LogP contribution in [0.15, 0.2) is 133 Å². The van der Waals surface area contributed by atoms with E-state index in [9.17, 15) is 0 Å². The molecule has 0 aromatic heterocycles. The molecule has 0 heterocycles. The zero-order valence-corrected chi connectivity index (χ0v) is 37.0. The van der Waals surface area contributed by atoms with Crippen molar-refractivity contribution in [1.29, 1.82) is 0 Å². The Kier molecular flexibility index (Phi) is 14.1. The number of hydrogen-bond donors (Lipinski definition) is 0. The van der Waals surface area contributed by atoms with Gasteiger partial charge in [-0.05, 0) is 136 Å². The molecular weight excluding hydrogens is 713 g/mol. The molecule has 0 radical (unpaired) electrons. The molecule has 1 aliphatic carbocycles. The summed E-state index contributed by atoms with van der Waals surface area (Å²) in [5.74, 6) is 0. The average molecular weight is 781 g/mol. The molecule has 0 saturated heterocycles. The van der Waals surface area contributed by atoms with Crippen molar-refractivity contribution < 1.29 is 0 Å². The quantitative estimate of drug-likeness (QED) is 0.0712. The predicted molar refractivity (Wildman–Crippen MR) is 257 cm³/mol. The molecule has 0 bridgehead atoms. The summed E-state index contributed by atoms with van der Waals surface area (Å²) in [6.45, 7) is 13.4. The fourth-order valence-corrected chi connectivity index (χ4v) is 9.50. The lowest BCUT2D eigenvalue weighted by Crippen LogP contribution is -2.26. The van der Waals surface area contributed by atoms with Gasteiger partial charge >= 0.3 is 0 Å². The summed E-state index contributed by atoms with van der Waals surface area (Å²) in [7, 11) is 0. The monoisotopic (exact) mass is 781 g/mol. The van der Waals surface area contributed by atoms with Crippen molar-refractivity contribution in [3.05, 3.63) is 167 Å². The summed E-state index contributed by atoms with van der Waals surface area (Å²) < 4.78 is 0. The normalized spacial score (nSPS) is 12.6. The highest BCUT2D eigenvalue weighted by atomic mass is 15.1. The van der Waals surface area contributed by atoms with Crippen molar-refractivity contribution in [3.63, 3.8) is 0 Å². The highest BCUT2D eigenvalue weighted by Crippen LogP contribution is 2.57. The Hall–Kier alpha value is -5.08. The third kappa shape index (κ3) is 9.70. The van der Waals surface area contributed by atoms with E-state index >= 15 is 0 Å². The second kappa shape index (κ2) is 19.8. The molecule has 306 valence electrons. The molecule has 0 fully saturated rings. The van der Waals surface area contributed by atoms with E-state index in [0.29, 0.717) is 0 Å². The number of aryl methyl sites for hydroxylation is 4. The fraction of sp³-hybridized carbons (Fsp3) is 0.368. The minimum absolute atomic E-state index is 0.0787. The number of unbranched alkanes of at least 4 members (excludes halogenated alkanes) is 10. The zero-order valence-electron chi connectivity index (χ0n) is 37.0. The molecule has 0 atom stereocenters. The molecular formula is C57H68N2. The van der Waals surface area contributed by atoms with Gasteiger partial charge in [0.25, 0.3) is 0 Å². The average Bonchev–Trinajstić information content (AvgIpc) is 3.51. The van der Waals surface area contributed by atoms with Crippen LogP contribution in [0, 0.1) is 27.7 Å². The van der Waals surface area contributed by atoms with Gasteiger partial charge in [-0.2, -0.15) is 0 Å². The van der Waals surface area contributed by atoms with E-state index in [1.807, 2.05) is 0 Å². The Labute approximate surface area is 357 Å². The topological polar surface area (TPSA) is 6.48 Å². The number of anilines is 6. The first-order chi connectivity index (χ1) is 28.8. The molecule has 0 saturated carbocycles. The highest BCUT2D eigenvalue weighted by molar-refractivity contribution is 5.88. The SMILES string of the molecule is CCCCCCCCC1(CCCCCCCC)c2cc(N(c3ccc(C)cc3)c3ccc(C)cc3)ccc2-c2ccc(N(c3ccc(C)cc3)c3ccc(C)cc3)cc21. The summed E-state index contributed by atoms with van der Waals surface area (Å²) in [4.78, 5) is 4.95. The fourth-order valence-electron chi connectivity index (χ4n) is 9.50. The van der Waals surface area contributed by atoms with E-state index in [1.165, 1.54) is 169 Å². The summed E-state index contributed by atoms with van der Waals surface area (Å²) in [6, 6.07) is 51.1. The van der Waals surface area contributed by atoms with Gasteiger partial charge < -0.3 is 9.80 Å². The standard InChI is InChI=1S/C57H68N2/c1-7-9-11-13-15-17-39-57(40-18-16-14-12-10-8-2)55-41-51(58(47-27-19-43(3)20-28-47)48-29-21-44(4)22-30-48)35-37-53(55)54-38-36-52(42-56(54)57)59(49-31-23-45(5)24-32-49)50-33-25-46(6)26-34-50/h19-38,41-42H,7-18,39-40H2,1-6H3. The molecule has 6 aromatic carbocycles. The van der Waals surface area contributed by atoms with Gasteiger partial charge in [0, 0.05) is 39.5 Å². The maximum Gasteiger partial charge on any atom is 0.0465 e. The summed E-state index contributed by atoms with van der Waals surface area (Å²) in [5.41, 5.74) is 18.2. The molecule has 0 N–H and O–H groups in total. The lowest BCUT2D eigenvalue weighted by molar-refractivity contribution is 0.398. The van der Waals surface area contributed by atoms with E-state index in [0.717, 1.165) is 0 Å². The molecule has 59 heavy (non-hydrogen) atoms. The molecule has 7 rings (SSSR count). The van der Waals surface area contributed by atoms with Gasteiger partial charge in [0.1, 0.15) is 0 Å². The third-order valence-corrected chi connectivity index (χ3v) is 12.9. The first-order valence-electron chi connectivity index (χ1n) is 23.0. The number of hydrogen-bond acceptors (Lipinski definition) is 2. The molecule has 0 unspecified atom stereocenters. The van der Waals surface area contributed by atoms with Gasteiger partial charge in [-0.3, -0.25) is 0 Å². The van der Waals surface area contributed by atoms with Gasteiger partial charge in [-0.1, -0.05) is 174 Å². The minimum atomic E-state index is -0.0787. The molecule has 2 heteroatoms. The smallest absolute Gasteiger partial charge is 0.0465 e. The van der Waals surface area contributed by atoms with Crippen molar-refractivity contribution in [1.82, 2.24) is 0 Å². The van der Waals surface area contributed by atoms with E-state index in [4.69, 9.17) is 0 Å². The summed E-state index contributed by atoms with van der Waals surface area (Å²) in [5, 5.41) is 0. The van der Waals surface area contributed by atoms with E-state index in [1.54, 1.807) is 0 Å². The largest absolute Gasteiger partial charge is 0.310 e. The maximum absolute atomic E-state index is 2.60. The van der Waals surface area contributed by atoms with Crippen molar-refractivity contribution >= 4 is 34.1 Å². The number of fused-ring (bicyclic) bond motifs is 3. The first-order valence-corrected chi connectivity index (χ1v) is 23.0. The van der Waals surface area contributed by atoms with Gasteiger partial charge in [-0.15, -0.1) is 0 Å². The molecule has 0 aliphatic heterocycles. The Morgan fingerprint density at radius 3 is 0.898 bits per heavy atom. The highest BCUT2D eigenvalue weighted by Gasteiger charge is 2.43. The Balaban J connectivity index is 1.39. The van der Waals surface area contributed by atoms with Crippen molar-refractivity contribution in [3.8, 4) is 11.1 Å². The van der Waals surface area contributed by atoms with Crippen LogP contribution in [0.1, 0.15) is 137 Å². The van der Waals surface area contributed by atoms with Gasteiger partial charge in [0.05, 0.1) is 0 Å². The molecule has 0 spiro atoms. The van der Waals surface area contributed by atoms with E-state index < -0.39 is 0 Å². The first kappa shape index (κ1) is 42.1. The van der Waals surface area contributed by atoms with Crippen molar-refractivity contribution in [2.24, 2.45) is 0 Å². The van der Waals surface area contributed by atoms with Crippen molar-refractivity contribution in [2.75, 3.05) is 9.80 Å². The van der Waals surface area contributed by atoms with Crippen LogP contribution in [0.4, 0.5) is 34.1 Å². The molecule has 6 aromatic rings. The molecule has 1 aliphatic rings. The second-order valence-corrected chi connectivity index (χ2v) is 17.6. The lowest BCUT2D eigenvalue weighted by Gasteiger charge is -2.35. The zero-order chi connectivity index (χ0) is 41.2. The molecule has 2 nitrogen and oxygen atoms in total. The van der Waals surface area contributed by atoms with Crippen LogP contribution in [0.5, 0.6) is 0 Å². The van der Waals surface area contributed by atoms with Crippen LogP contribution < -0.4 is 9.80 Å². The maximum atomic E-state index is 2.60. The third-order valence-electron chi connectivity index (χ3n) is 12.9. The van der Waals surface area contributed by atoms with Crippen molar-refractivity contribution in [2.45, 2.75) is 137 Å². The Morgan fingerprint density at radius 1 is 0.322 bits per heavy atom. The van der Waals surface area contributed by atoms with Crippen LogP contribution in [0.2, 0.25) is 0 Å². The predicted octanol–water partition coefficient (Wildman–Crippen LogP) is 17.6. The van der Waals surface area contributed by atoms with E-state index in [2.05, 4.69) is 185 Å². The lowest BCUT2D eigenvalue weighted by atomic mass is 9.70. The molecule has 0 amide bonds. The number of benzene rings is 6. The van der Waals surface area contributed by atoms with E-state index in [-0.39, 0.29) is 5.41 Å². The Bertz CT molecular complexity index is 1970. The summed E-state index contributed by atoms with van der Waals surface area (Å²) >= 11 is 0. The van der Waals surface area contributed by atoms with Crippen LogP contribution >= 0.6 is 0 Å².